The van der Waals surface area contributed by atoms with E-state index < -0.39 is 0 Å². The second kappa shape index (κ2) is 5.44. The molecule has 0 radical (unpaired) electrons. The van der Waals surface area contributed by atoms with Crippen molar-refractivity contribution in [1.82, 2.24) is 5.32 Å². The van der Waals surface area contributed by atoms with Gasteiger partial charge in [0.2, 0.25) is 5.91 Å². The van der Waals surface area contributed by atoms with Crippen molar-refractivity contribution in [2.45, 2.75) is 19.9 Å². The summed E-state index contributed by atoms with van der Waals surface area (Å²) in [5.41, 5.74) is 1.03. The van der Waals surface area contributed by atoms with E-state index in [-0.39, 0.29) is 11.8 Å². The van der Waals surface area contributed by atoms with Crippen molar-refractivity contribution in [2.75, 3.05) is 0 Å². The number of carbonyl (C=O) groups excluding carboxylic acids is 1. The van der Waals surface area contributed by atoms with Gasteiger partial charge in [0, 0.05) is 16.0 Å². The van der Waals surface area contributed by atoms with Crippen LogP contribution in [-0.4, -0.2) is 5.91 Å². The zero-order valence-corrected chi connectivity index (χ0v) is 12.8. The van der Waals surface area contributed by atoms with Crippen molar-refractivity contribution in [3.8, 4) is 11.3 Å². The van der Waals surface area contributed by atoms with Gasteiger partial charge in [-0.1, -0.05) is 35.0 Å². The number of hydrogen-bond donors (Lipinski definition) is 1. The Morgan fingerprint density at radius 2 is 2.00 bits per heavy atom. The van der Waals surface area contributed by atoms with Crippen LogP contribution in [0.5, 0.6) is 0 Å². The number of nitrogens with one attached hydrogen (secondary N) is 1. The van der Waals surface area contributed by atoms with E-state index in [2.05, 4.69) is 28.2 Å². The summed E-state index contributed by atoms with van der Waals surface area (Å²) in [6.07, 6.45) is 1.01. The van der Waals surface area contributed by atoms with Gasteiger partial charge in [0.25, 0.3) is 0 Å². The first-order valence-electron chi connectivity index (χ1n) is 6.76. The Hall–Kier alpha value is -1.55. The molecule has 1 aromatic heterocycles. The molecule has 0 saturated heterocycles. The van der Waals surface area contributed by atoms with Crippen molar-refractivity contribution in [1.29, 1.82) is 0 Å². The fourth-order valence-electron chi connectivity index (χ4n) is 2.23. The molecule has 4 heteroatoms. The maximum atomic E-state index is 11.7. The van der Waals surface area contributed by atoms with Crippen LogP contribution in [0.25, 0.3) is 11.3 Å². The van der Waals surface area contributed by atoms with Gasteiger partial charge in [0.1, 0.15) is 11.5 Å². The molecule has 2 atom stereocenters. The summed E-state index contributed by atoms with van der Waals surface area (Å²) in [5, 5.41) is 2.93. The summed E-state index contributed by atoms with van der Waals surface area (Å²) >= 11 is 3.41. The standard InChI is InChI=1S/C16H16BrNO2/c1-10-8-14(10)16(19)18-9-13-6-7-15(20-13)11-2-4-12(17)5-3-11/h2-7,10,14H,8-9H2,1H3,(H,18,19). The Kier molecular flexibility index (Phi) is 3.66. The largest absolute Gasteiger partial charge is 0.459 e. The zero-order valence-electron chi connectivity index (χ0n) is 11.2. The maximum Gasteiger partial charge on any atom is 0.223 e. The van der Waals surface area contributed by atoms with Crippen LogP contribution in [0.4, 0.5) is 0 Å². The van der Waals surface area contributed by atoms with E-state index in [4.69, 9.17) is 4.42 Å². The molecule has 0 aliphatic heterocycles. The van der Waals surface area contributed by atoms with Gasteiger partial charge in [-0.2, -0.15) is 0 Å². The SMILES string of the molecule is CC1CC1C(=O)NCc1ccc(-c2ccc(Br)cc2)o1. The van der Waals surface area contributed by atoms with Crippen molar-refractivity contribution in [2.24, 2.45) is 11.8 Å². The van der Waals surface area contributed by atoms with Gasteiger partial charge in [-0.05, 0) is 36.6 Å². The fourth-order valence-corrected chi connectivity index (χ4v) is 2.50. The van der Waals surface area contributed by atoms with E-state index in [1.54, 1.807) is 0 Å². The van der Waals surface area contributed by atoms with E-state index in [1.165, 1.54) is 0 Å². The molecule has 20 heavy (non-hydrogen) atoms. The lowest BCUT2D eigenvalue weighted by atomic mass is 10.2. The highest BCUT2D eigenvalue weighted by molar-refractivity contribution is 9.10. The molecular formula is C16H16BrNO2. The lowest BCUT2D eigenvalue weighted by molar-refractivity contribution is -0.122. The van der Waals surface area contributed by atoms with E-state index in [0.717, 1.165) is 28.0 Å². The molecule has 3 rings (SSSR count). The molecule has 0 bridgehead atoms. The minimum Gasteiger partial charge on any atom is -0.459 e. The molecule has 3 nitrogen and oxygen atoms in total. The Morgan fingerprint density at radius 1 is 1.30 bits per heavy atom. The third-order valence-electron chi connectivity index (χ3n) is 3.67. The average molecular weight is 334 g/mol. The summed E-state index contributed by atoms with van der Waals surface area (Å²) in [7, 11) is 0. The number of furan rings is 1. The Bertz CT molecular complexity index is 618. The van der Waals surface area contributed by atoms with Gasteiger partial charge in [-0.3, -0.25) is 4.79 Å². The minimum absolute atomic E-state index is 0.138. The zero-order chi connectivity index (χ0) is 14.1. The predicted octanol–water partition coefficient (Wildman–Crippen LogP) is 3.98. The molecule has 1 amide bonds. The number of hydrogen-bond acceptors (Lipinski definition) is 2. The van der Waals surface area contributed by atoms with E-state index in [1.807, 2.05) is 36.4 Å². The summed E-state index contributed by atoms with van der Waals surface area (Å²) in [6, 6.07) is 11.8. The lowest BCUT2D eigenvalue weighted by Gasteiger charge is -2.02. The molecule has 104 valence electrons. The van der Waals surface area contributed by atoms with Crippen LogP contribution >= 0.6 is 15.9 Å². The predicted molar refractivity (Wildman–Crippen MR) is 81.0 cm³/mol. The number of carbonyl (C=O) groups is 1. The fraction of sp³-hybridized carbons (Fsp3) is 0.312. The molecule has 1 aliphatic carbocycles. The quantitative estimate of drug-likeness (QED) is 0.919. The second-order valence-corrected chi connectivity index (χ2v) is 6.23. The number of halogens is 1. The lowest BCUT2D eigenvalue weighted by Crippen LogP contribution is -2.24. The van der Waals surface area contributed by atoms with E-state index >= 15 is 0 Å². The Morgan fingerprint density at radius 3 is 2.65 bits per heavy atom. The first-order chi connectivity index (χ1) is 9.63. The van der Waals surface area contributed by atoms with Crippen LogP contribution in [0.3, 0.4) is 0 Å². The molecule has 0 spiro atoms. The monoisotopic (exact) mass is 333 g/mol. The summed E-state index contributed by atoms with van der Waals surface area (Å²) in [4.78, 5) is 11.7. The van der Waals surface area contributed by atoms with Crippen LogP contribution in [0.15, 0.2) is 45.3 Å². The van der Waals surface area contributed by atoms with Gasteiger partial charge >= 0.3 is 0 Å². The van der Waals surface area contributed by atoms with Crippen molar-refractivity contribution in [3.63, 3.8) is 0 Å². The summed E-state index contributed by atoms with van der Waals surface area (Å²) < 4.78 is 6.80. The highest BCUT2D eigenvalue weighted by Gasteiger charge is 2.38. The maximum absolute atomic E-state index is 11.7. The van der Waals surface area contributed by atoms with Crippen molar-refractivity contribution < 1.29 is 9.21 Å². The van der Waals surface area contributed by atoms with Crippen LogP contribution in [0.2, 0.25) is 0 Å². The molecule has 1 N–H and O–H groups in total. The average Bonchev–Trinajstić information content (AvgIpc) is 3.00. The van der Waals surface area contributed by atoms with Crippen LogP contribution in [0, 0.1) is 11.8 Å². The van der Waals surface area contributed by atoms with Crippen molar-refractivity contribution >= 4 is 21.8 Å². The smallest absolute Gasteiger partial charge is 0.223 e. The first-order valence-corrected chi connectivity index (χ1v) is 7.55. The first kappa shape index (κ1) is 13.4. The normalized spacial score (nSPS) is 20.7. The number of benzene rings is 1. The molecular weight excluding hydrogens is 318 g/mol. The van der Waals surface area contributed by atoms with Gasteiger partial charge in [0.05, 0.1) is 6.54 Å². The van der Waals surface area contributed by atoms with E-state index in [0.29, 0.717) is 12.5 Å². The third kappa shape index (κ3) is 2.96. The highest BCUT2D eigenvalue weighted by Crippen LogP contribution is 2.37. The van der Waals surface area contributed by atoms with Gasteiger partial charge < -0.3 is 9.73 Å². The second-order valence-electron chi connectivity index (χ2n) is 5.31. The molecule has 1 aliphatic rings. The Balaban J connectivity index is 1.62. The van der Waals surface area contributed by atoms with Crippen LogP contribution in [0.1, 0.15) is 19.1 Å². The molecule has 2 aromatic rings. The molecule has 1 saturated carbocycles. The van der Waals surface area contributed by atoms with E-state index in [9.17, 15) is 4.79 Å². The van der Waals surface area contributed by atoms with Gasteiger partial charge in [-0.15, -0.1) is 0 Å². The van der Waals surface area contributed by atoms with Gasteiger partial charge in [0.15, 0.2) is 0 Å². The Labute approximate surface area is 126 Å². The summed E-state index contributed by atoms with van der Waals surface area (Å²) in [5.74, 6) is 2.48. The topological polar surface area (TPSA) is 42.2 Å². The van der Waals surface area contributed by atoms with Crippen LogP contribution < -0.4 is 5.32 Å². The molecule has 1 fully saturated rings. The number of rotatable bonds is 4. The minimum atomic E-state index is 0.138. The van der Waals surface area contributed by atoms with Crippen LogP contribution in [-0.2, 0) is 11.3 Å². The molecule has 1 heterocycles. The third-order valence-corrected chi connectivity index (χ3v) is 4.20. The van der Waals surface area contributed by atoms with Gasteiger partial charge in [-0.25, -0.2) is 0 Å². The summed E-state index contributed by atoms with van der Waals surface area (Å²) in [6.45, 7) is 2.56. The highest BCUT2D eigenvalue weighted by atomic mass is 79.9. The van der Waals surface area contributed by atoms with Crippen molar-refractivity contribution in [3.05, 3.63) is 46.6 Å². The number of amides is 1. The molecule has 1 aromatic carbocycles. The molecule has 2 unspecified atom stereocenters.